The molecule has 2 rings (SSSR count). The summed E-state index contributed by atoms with van der Waals surface area (Å²) in [6.45, 7) is 2.48. The van der Waals surface area contributed by atoms with Crippen LogP contribution in [0.25, 0.3) is 0 Å². The number of aromatic amines is 1. The SMILES string of the molecule is Cc1c(C(=O)NCCCc2ncn[nH]2)cnn1C. The van der Waals surface area contributed by atoms with E-state index in [-0.39, 0.29) is 5.91 Å². The Morgan fingerprint density at radius 1 is 1.56 bits per heavy atom. The Labute approximate surface area is 105 Å². The number of aromatic nitrogens is 5. The highest BCUT2D eigenvalue weighted by atomic mass is 16.1. The standard InChI is InChI=1S/C11H16N6O/c1-8-9(6-15-17(8)2)11(18)12-5-3-4-10-13-7-14-16-10/h6-7H,3-5H2,1-2H3,(H,12,18)(H,13,14,16). The van der Waals surface area contributed by atoms with E-state index in [1.165, 1.54) is 6.33 Å². The lowest BCUT2D eigenvalue weighted by Crippen LogP contribution is -2.25. The van der Waals surface area contributed by atoms with Crippen LogP contribution in [0.4, 0.5) is 0 Å². The summed E-state index contributed by atoms with van der Waals surface area (Å²) in [5.74, 6) is 0.750. The van der Waals surface area contributed by atoms with Crippen molar-refractivity contribution in [1.82, 2.24) is 30.3 Å². The third kappa shape index (κ3) is 2.73. The van der Waals surface area contributed by atoms with Crippen LogP contribution in [0, 0.1) is 6.92 Å². The normalized spacial score (nSPS) is 10.6. The third-order valence-corrected chi connectivity index (χ3v) is 2.82. The van der Waals surface area contributed by atoms with Gasteiger partial charge in [-0.05, 0) is 13.3 Å². The lowest BCUT2D eigenvalue weighted by molar-refractivity contribution is 0.0952. The minimum atomic E-state index is -0.0850. The molecule has 0 spiro atoms. The van der Waals surface area contributed by atoms with Crippen LogP contribution >= 0.6 is 0 Å². The van der Waals surface area contributed by atoms with E-state index in [9.17, 15) is 4.79 Å². The average Bonchev–Trinajstić information content (AvgIpc) is 2.97. The predicted molar refractivity (Wildman–Crippen MR) is 65.0 cm³/mol. The largest absolute Gasteiger partial charge is 0.352 e. The maximum atomic E-state index is 11.8. The number of nitrogens with zero attached hydrogens (tertiary/aromatic N) is 4. The fourth-order valence-electron chi connectivity index (χ4n) is 1.63. The highest BCUT2D eigenvalue weighted by Gasteiger charge is 2.11. The van der Waals surface area contributed by atoms with Crippen LogP contribution in [0.2, 0.25) is 0 Å². The number of hydrogen-bond donors (Lipinski definition) is 2. The van der Waals surface area contributed by atoms with Crippen LogP contribution in [0.5, 0.6) is 0 Å². The Morgan fingerprint density at radius 2 is 2.39 bits per heavy atom. The zero-order chi connectivity index (χ0) is 13.0. The molecule has 0 aliphatic heterocycles. The fraction of sp³-hybridized carbons (Fsp3) is 0.455. The number of H-pyrrole nitrogens is 1. The second-order valence-corrected chi connectivity index (χ2v) is 4.06. The van der Waals surface area contributed by atoms with Crippen LogP contribution in [-0.2, 0) is 13.5 Å². The second-order valence-electron chi connectivity index (χ2n) is 4.06. The van der Waals surface area contributed by atoms with Gasteiger partial charge in [-0.15, -0.1) is 0 Å². The zero-order valence-electron chi connectivity index (χ0n) is 10.5. The molecule has 7 nitrogen and oxygen atoms in total. The van der Waals surface area contributed by atoms with E-state index in [0.29, 0.717) is 12.1 Å². The molecule has 0 saturated heterocycles. The molecule has 2 heterocycles. The van der Waals surface area contributed by atoms with Gasteiger partial charge in [0.15, 0.2) is 0 Å². The van der Waals surface area contributed by atoms with Crippen molar-refractivity contribution in [3.8, 4) is 0 Å². The van der Waals surface area contributed by atoms with Gasteiger partial charge in [-0.2, -0.15) is 10.2 Å². The second kappa shape index (κ2) is 5.44. The van der Waals surface area contributed by atoms with E-state index in [1.807, 2.05) is 14.0 Å². The van der Waals surface area contributed by atoms with Gasteiger partial charge in [0, 0.05) is 25.7 Å². The van der Waals surface area contributed by atoms with Gasteiger partial charge >= 0.3 is 0 Å². The molecule has 7 heteroatoms. The molecular weight excluding hydrogens is 232 g/mol. The summed E-state index contributed by atoms with van der Waals surface area (Å²) in [5.41, 5.74) is 1.49. The van der Waals surface area contributed by atoms with Crippen molar-refractivity contribution < 1.29 is 4.79 Å². The summed E-state index contributed by atoms with van der Waals surface area (Å²) < 4.78 is 1.68. The van der Waals surface area contributed by atoms with Crippen molar-refractivity contribution in [2.75, 3.05) is 6.54 Å². The van der Waals surface area contributed by atoms with E-state index in [0.717, 1.165) is 24.4 Å². The molecule has 96 valence electrons. The molecule has 18 heavy (non-hydrogen) atoms. The Balaban J connectivity index is 1.77. The van der Waals surface area contributed by atoms with Gasteiger partial charge in [-0.1, -0.05) is 0 Å². The van der Waals surface area contributed by atoms with Crippen molar-refractivity contribution >= 4 is 5.91 Å². The molecule has 0 aliphatic rings. The van der Waals surface area contributed by atoms with Crippen molar-refractivity contribution in [2.45, 2.75) is 19.8 Å². The topological polar surface area (TPSA) is 88.5 Å². The third-order valence-electron chi connectivity index (χ3n) is 2.82. The Bertz CT molecular complexity index is 516. The van der Waals surface area contributed by atoms with Crippen molar-refractivity contribution in [2.24, 2.45) is 7.05 Å². The summed E-state index contributed by atoms with van der Waals surface area (Å²) >= 11 is 0. The average molecular weight is 248 g/mol. The molecule has 0 radical (unpaired) electrons. The number of amides is 1. The number of hydrogen-bond acceptors (Lipinski definition) is 4. The minimum absolute atomic E-state index is 0.0850. The van der Waals surface area contributed by atoms with E-state index in [4.69, 9.17) is 0 Å². The summed E-state index contributed by atoms with van der Waals surface area (Å²) in [6.07, 6.45) is 4.65. The first kappa shape index (κ1) is 12.3. The Kier molecular flexibility index (Phi) is 3.71. The summed E-state index contributed by atoms with van der Waals surface area (Å²) in [5, 5.41) is 13.4. The minimum Gasteiger partial charge on any atom is -0.352 e. The number of aryl methyl sites for hydroxylation is 2. The first-order valence-corrected chi connectivity index (χ1v) is 5.79. The maximum absolute atomic E-state index is 11.8. The summed E-state index contributed by atoms with van der Waals surface area (Å²) in [4.78, 5) is 15.9. The van der Waals surface area contributed by atoms with Crippen LogP contribution in [0.3, 0.4) is 0 Å². The summed E-state index contributed by atoms with van der Waals surface area (Å²) in [6, 6.07) is 0. The highest BCUT2D eigenvalue weighted by molar-refractivity contribution is 5.94. The van der Waals surface area contributed by atoms with Gasteiger partial charge in [-0.25, -0.2) is 4.98 Å². The van der Waals surface area contributed by atoms with Gasteiger partial charge in [0.2, 0.25) is 0 Å². The number of carbonyl (C=O) groups excluding carboxylic acids is 1. The molecule has 2 N–H and O–H groups in total. The summed E-state index contributed by atoms with van der Waals surface area (Å²) in [7, 11) is 1.82. The molecule has 1 amide bonds. The first-order valence-electron chi connectivity index (χ1n) is 5.79. The van der Waals surface area contributed by atoms with Crippen molar-refractivity contribution in [1.29, 1.82) is 0 Å². The molecule has 0 aliphatic carbocycles. The lowest BCUT2D eigenvalue weighted by Gasteiger charge is -2.03. The molecule has 2 aromatic heterocycles. The zero-order valence-corrected chi connectivity index (χ0v) is 10.5. The van der Waals surface area contributed by atoms with Crippen LogP contribution in [0.15, 0.2) is 12.5 Å². The van der Waals surface area contributed by atoms with Gasteiger partial charge in [-0.3, -0.25) is 14.6 Å². The predicted octanol–water partition coefficient (Wildman–Crippen LogP) is 0.209. The van der Waals surface area contributed by atoms with E-state index in [1.54, 1.807) is 10.9 Å². The number of nitrogens with one attached hydrogen (secondary N) is 2. The van der Waals surface area contributed by atoms with Gasteiger partial charge in [0.05, 0.1) is 11.8 Å². The van der Waals surface area contributed by atoms with Crippen LogP contribution in [0.1, 0.15) is 28.3 Å². The highest BCUT2D eigenvalue weighted by Crippen LogP contribution is 2.04. The first-order chi connectivity index (χ1) is 8.68. The quantitative estimate of drug-likeness (QED) is 0.740. The van der Waals surface area contributed by atoms with Crippen LogP contribution in [-0.4, -0.2) is 37.4 Å². The molecule has 0 fully saturated rings. The van der Waals surface area contributed by atoms with E-state index in [2.05, 4.69) is 25.6 Å². The van der Waals surface area contributed by atoms with Crippen molar-refractivity contribution in [3.05, 3.63) is 29.6 Å². The van der Waals surface area contributed by atoms with Gasteiger partial charge in [0.25, 0.3) is 5.91 Å². The maximum Gasteiger partial charge on any atom is 0.254 e. The smallest absolute Gasteiger partial charge is 0.254 e. The molecular formula is C11H16N6O. The molecule has 0 saturated carbocycles. The number of carbonyl (C=O) groups is 1. The van der Waals surface area contributed by atoms with Gasteiger partial charge in [0.1, 0.15) is 12.2 Å². The molecule has 2 aromatic rings. The van der Waals surface area contributed by atoms with Crippen LogP contribution < -0.4 is 5.32 Å². The Hall–Kier alpha value is -2.18. The molecule has 0 unspecified atom stereocenters. The lowest BCUT2D eigenvalue weighted by atomic mass is 10.2. The monoisotopic (exact) mass is 248 g/mol. The Morgan fingerprint density at radius 3 is 3.00 bits per heavy atom. The van der Waals surface area contributed by atoms with E-state index >= 15 is 0 Å². The van der Waals surface area contributed by atoms with E-state index < -0.39 is 0 Å². The molecule has 0 atom stereocenters. The van der Waals surface area contributed by atoms with Crippen molar-refractivity contribution in [3.63, 3.8) is 0 Å². The molecule has 0 aromatic carbocycles. The fourth-order valence-corrected chi connectivity index (χ4v) is 1.63. The van der Waals surface area contributed by atoms with Gasteiger partial charge < -0.3 is 5.32 Å². The number of rotatable bonds is 5. The molecule has 0 bridgehead atoms.